The maximum Gasteiger partial charge on any atom is 0.337 e. The van der Waals surface area contributed by atoms with E-state index in [2.05, 4.69) is 4.74 Å². The van der Waals surface area contributed by atoms with Crippen molar-refractivity contribution >= 4 is 35.1 Å². The minimum atomic E-state index is -1.42. The van der Waals surface area contributed by atoms with Crippen LogP contribution in [0, 0.1) is 11.7 Å². The minimum Gasteiger partial charge on any atom is -0.478 e. The first-order valence-corrected chi connectivity index (χ1v) is 6.33. The molecule has 1 aliphatic heterocycles. The molecule has 0 radical (unpaired) electrons. The van der Waals surface area contributed by atoms with E-state index in [4.69, 9.17) is 16.7 Å². The van der Waals surface area contributed by atoms with Gasteiger partial charge in [-0.25, -0.2) is 9.18 Å². The highest BCUT2D eigenvalue weighted by molar-refractivity contribution is 6.35. The van der Waals surface area contributed by atoms with Gasteiger partial charge in [-0.05, 0) is 12.1 Å². The molecule has 1 aromatic rings. The summed E-state index contributed by atoms with van der Waals surface area (Å²) in [5, 5.41) is 8.92. The monoisotopic (exact) mass is 315 g/mol. The number of benzene rings is 1. The van der Waals surface area contributed by atoms with E-state index in [1.807, 2.05) is 0 Å². The van der Waals surface area contributed by atoms with Crippen molar-refractivity contribution in [1.29, 1.82) is 0 Å². The highest BCUT2D eigenvalue weighted by atomic mass is 35.5. The predicted octanol–water partition coefficient (Wildman–Crippen LogP) is 1.70. The average molecular weight is 316 g/mol. The van der Waals surface area contributed by atoms with Crippen LogP contribution in [0.5, 0.6) is 0 Å². The van der Waals surface area contributed by atoms with E-state index in [0.29, 0.717) is 0 Å². The van der Waals surface area contributed by atoms with Crippen LogP contribution in [0.25, 0.3) is 0 Å². The molecule has 8 heteroatoms. The molecule has 0 aliphatic carbocycles. The molecule has 1 unspecified atom stereocenters. The van der Waals surface area contributed by atoms with Gasteiger partial charge in [-0.3, -0.25) is 9.59 Å². The van der Waals surface area contributed by atoms with E-state index >= 15 is 0 Å². The molecule has 112 valence electrons. The fraction of sp³-hybridized carbons (Fsp3) is 0.308. The largest absolute Gasteiger partial charge is 0.478 e. The molecule has 0 spiro atoms. The number of amides is 1. The highest BCUT2D eigenvalue weighted by Gasteiger charge is 2.38. The van der Waals surface area contributed by atoms with Gasteiger partial charge in [0.25, 0.3) is 0 Å². The number of halogens is 2. The summed E-state index contributed by atoms with van der Waals surface area (Å²) in [6.07, 6.45) is -0.112. The second-order valence-corrected chi connectivity index (χ2v) is 4.92. The Morgan fingerprint density at radius 2 is 2.14 bits per heavy atom. The Kier molecular flexibility index (Phi) is 4.13. The molecule has 1 aliphatic rings. The number of rotatable bonds is 3. The zero-order valence-corrected chi connectivity index (χ0v) is 11.7. The van der Waals surface area contributed by atoms with Gasteiger partial charge >= 0.3 is 11.9 Å². The lowest BCUT2D eigenvalue weighted by atomic mass is 10.1. The van der Waals surface area contributed by atoms with E-state index in [0.717, 1.165) is 17.0 Å². The summed E-state index contributed by atoms with van der Waals surface area (Å²) in [6.45, 7) is -0.0584. The number of esters is 1. The van der Waals surface area contributed by atoms with Crippen molar-refractivity contribution < 1.29 is 28.6 Å². The third kappa shape index (κ3) is 2.82. The molecule has 1 N–H and O–H groups in total. The number of carbonyl (C=O) groups is 3. The quantitative estimate of drug-likeness (QED) is 0.858. The molecular weight excluding hydrogens is 305 g/mol. The molecule has 0 aromatic heterocycles. The summed E-state index contributed by atoms with van der Waals surface area (Å²) < 4.78 is 17.9. The first-order valence-electron chi connectivity index (χ1n) is 5.95. The lowest BCUT2D eigenvalue weighted by molar-refractivity contribution is -0.145. The van der Waals surface area contributed by atoms with Crippen LogP contribution >= 0.6 is 11.6 Å². The first-order chi connectivity index (χ1) is 9.85. The van der Waals surface area contributed by atoms with Gasteiger partial charge in [0.15, 0.2) is 0 Å². The second kappa shape index (κ2) is 5.69. The zero-order valence-electron chi connectivity index (χ0n) is 10.9. The number of nitrogens with zero attached hydrogens (tertiary/aromatic N) is 1. The second-order valence-electron chi connectivity index (χ2n) is 4.52. The first kappa shape index (κ1) is 15.2. The van der Waals surface area contributed by atoms with Crippen LogP contribution in [0.15, 0.2) is 12.1 Å². The molecule has 1 saturated heterocycles. The van der Waals surface area contributed by atoms with Gasteiger partial charge in [0.05, 0.1) is 29.3 Å². The molecule has 1 amide bonds. The fourth-order valence-corrected chi connectivity index (χ4v) is 2.56. The Morgan fingerprint density at radius 1 is 1.48 bits per heavy atom. The minimum absolute atomic E-state index is 0.0584. The van der Waals surface area contributed by atoms with Crippen molar-refractivity contribution in [2.24, 2.45) is 5.92 Å². The van der Waals surface area contributed by atoms with Gasteiger partial charge in [0.2, 0.25) is 5.91 Å². The van der Waals surface area contributed by atoms with Crippen LogP contribution in [0.1, 0.15) is 16.8 Å². The predicted molar refractivity (Wildman–Crippen MR) is 70.8 cm³/mol. The molecule has 0 bridgehead atoms. The van der Waals surface area contributed by atoms with Crippen LogP contribution in [-0.2, 0) is 14.3 Å². The Morgan fingerprint density at radius 3 is 2.71 bits per heavy atom. The molecule has 1 heterocycles. The number of aromatic carboxylic acids is 1. The van der Waals surface area contributed by atoms with Crippen LogP contribution < -0.4 is 4.90 Å². The van der Waals surface area contributed by atoms with E-state index in [1.54, 1.807) is 0 Å². The molecular formula is C13H11ClFNO5. The summed E-state index contributed by atoms with van der Waals surface area (Å²) in [5.41, 5.74) is -0.541. The van der Waals surface area contributed by atoms with Crippen LogP contribution in [0.2, 0.25) is 5.02 Å². The average Bonchev–Trinajstić information content (AvgIpc) is 2.78. The molecule has 21 heavy (non-hydrogen) atoms. The topological polar surface area (TPSA) is 83.9 Å². The van der Waals surface area contributed by atoms with Crippen molar-refractivity contribution in [2.45, 2.75) is 6.42 Å². The summed E-state index contributed by atoms with van der Waals surface area (Å²) in [5.74, 6) is -3.98. The molecule has 1 fully saturated rings. The van der Waals surface area contributed by atoms with Gasteiger partial charge in [0.1, 0.15) is 5.82 Å². The Hall–Kier alpha value is -2.15. The number of hydrogen-bond acceptors (Lipinski definition) is 4. The van der Waals surface area contributed by atoms with Gasteiger partial charge in [-0.15, -0.1) is 0 Å². The molecule has 1 atom stereocenters. The summed E-state index contributed by atoms with van der Waals surface area (Å²) in [7, 11) is 1.20. The van der Waals surface area contributed by atoms with Crippen molar-refractivity contribution in [1.82, 2.24) is 0 Å². The lowest BCUT2D eigenvalue weighted by Crippen LogP contribution is -2.28. The SMILES string of the molecule is COC(=O)C1CC(=O)N(c2c(Cl)cc(F)cc2C(=O)O)C1. The van der Waals surface area contributed by atoms with Crippen LogP contribution in [-0.4, -0.2) is 36.6 Å². The lowest BCUT2D eigenvalue weighted by Gasteiger charge is -2.20. The normalized spacial score (nSPS) is 18.0. The maximum absolute atomic E-state index is 13.3. The van der Waals surface area contributed by atoms with Crippen molar-refractivity contribution in [3.05, 3.63) is 28.5 Å². The van der Waals surface area contributed by atoms with Crippen molar-refractivity contribution in [3.63, 3.8) is 0 Å². The standard InChI is InChI=1S/C13H11ClFNO5/c1-21-13(20)6-2-10(17)16(5-6)11-8(12(18)19)3-7(15)4-9(11)14/h3-4,6H,2,5H2,1H3,(H,18,19). The highest BCUT2D eigenvalue weighted by Crippen LogP contribution is 2.35. The maximum atomic E-state index is 13.3. The third-order valence-electron chi connectivity index (χ3n) is 3.19. The summed E-state index contributed by atoms with van der Waals surface area (Å²) in [4.78, 5) is 35.8. The van der Waals surface area contributed by atoms with E-state index in [9.17, 15) is 18.8 Å². The number of methoxy groups -OCH3 is 1. The van der Waals surface area contributed by atoms with E-state index < -0.39 is 35.1 Å². The number of carboxylic acids is 1. The Bertz CT molecular complexity index is 633. The van der Waals surface area contributed by atoms with Gasteiger partial charge in [-0.1, -0.05) is 11.6 Å². The van der Waals surface area contributed by atoms with Gasteiger partial charge in [0, 0.05) is 13.0 Å². The number of carboxylic acid groups (broad SMARTS) is 1. The Labute approximate surface area is 124 Å². The van der Waals surface area contributed by atoms with Crippen LogP contribution in [0.3, 0.4) is 0 Å². The summed E-state index contributed by atoms with van der Waals surface area (Å²) >= 11 is 5.87. The van der Waals surface area contributed by atoms with Crippen molar-refractivity contribution in [2.75, 3.05) is 18.6 Å². The molecule has 6 nitrogen and oxygen atoms in total. The van der Waals surface area contributed by atoms with Gasteiger partial charge < -0.3 is 14.7 Å². The van der Waals surface area contributed by atoms with E-state index in [-0.39, 0.29) is 23.7 Å². The molecule has 2 rings (SSSR count). The molecule has 0 saturated carbocycles. The zero-order chi connectivity index (χ0) is 15.7. The van der Waals surface area contributed by atoms with Crippen molar-refractivity contribution in [3.8, 4) is 0 Å². The number of carbonyl (C=O) groups excluding carboxylic acids is 2. The number of anilines is 1. The summed E-state index contributed by atoms with van der Waals surface area (Å²) in [6, 6.07) is 1.70. The Balaban J connectivity index is 2.45. The molecule has 1 aromatic carbocycles. The smallest absolute Gasteiger partial charge is 0.337 e. The van der Waals surface area contributed by atoms with Crippen LogP contribution in [0.4, 0.5) is 10.1 Å². The number of ether oxygens (including phenoxy) is 1. The third-order valence-corrected chi connectivity index (χ3v) is 3.48. The van der Waals surface area contributed by atoms with Gasteiger partial charge in [-0.2, -0.15) is 0 Å². The fourth-order valence-electron chi connectivity index (χ4n) is 2.25. The number of hydrogen-bond donors (Lipinski definition) is 1. The van der Waals surface area contributed by atoms with E-state index in [1.165, 1.54) is 7.11 Å².